The van der Waals surface area contributed by atoms with Crippen molar-refractivity contribution in [1.82, 2.24) is 14.8 Å². The number of fused-ring (bicyclic) bond motifs is 1. The van der Waals surface area contributed by atoms with Crippen LogP contribution in [0.5, 0.6) is 0 Å². The Kier molecular flexibility index (Phi) is 4.52. The molecule has 3 rings (SSSR count). The molecule has 0 fully saturated rings. The number of rotatable bonds is 6. The van der Waals surface area contributed by atoms with E-state index in [0.29, 0.717) is 12.8 Å². The first-order valence-electron chi connectivity index (χ1n) is 7.39. The second-order valence-corrected chi connectivity index (χ2v) is 6.38. The number of carbonyl (C=O) groups is 1. The summed E-state index contributed by atoms with van der Waals surface area (Å²) in [4.78, 5) is 15.5. The number of benzene rings is 1. The van der Waals surface area contributed by atoms with Crippen molar-refractivity contribution >= 4 is 39.2 Å². The zero-order chi connectivity index (χ0) is 16.2. The minimum absolute atomic E-state index is 0.162. The van der Waals surface area contributed by atoms with Crippen LogP contribution in [0.25, 0.3) is 21.9 Å². The molecule has 2 heterocycles. The van der Waals surface area contributed by atoms with E-state index in [2.05, 4.69) is 16.1 Å². The van der Waals surface area contributed by atoms with Crippen LogP contribution in [0.2, 0.25) is 0 Å². The second kappa shape index (κ2) is 6.75. The SMILES string of the molecule is Cn1cc(/C=C(\CCCC(=O)O)c2nc3ccccc3s2)cn1. The fraction of sp³-hybridized carbons (Fsp3) is 0.235. The van der Waals surface area contributed by atoms with Crippen molar-refractivity contribution in [1.29, 1.82) is 0 Å². The summed E-state index contributed by atoms with van der Waals surface area (Å²) < 4.78 is 2.89. The summed E-state index contributed by atoms with van der Waals surface area (Å²) in [7, 11) is 1.87. The number of carboxylic acid groups (broad SMARTS) is 1. The molecule has 0 atom stereocenters. The van der Waals surface area contributed by atoms with Crippen LogP contribution in [0.4, 0.5) is 0 Å². The molecule has 3 aromatic rings. The highest BCUT2D eigenvalue weighted by Crippen LogP contribution is 2.31. The zero-order valence-corrected chi connectivity index (χ0v) is 13.6. The summed E-state index contributed by atoms with van der Waals surface area (Å²) in [6.07, 6.45) is 7.22. The number of thiazole rings is 1. The lowest BCUT2D eigenvalue weighted by Crippen LogP contribution is -1.94. The van der Waals surface area contributed by atoms with Gasteiger partial charge in [0, 0.05) is 25.2 Å². The summed E-state index contributed by atoms with van der Waals surface area (Å²) in [6, 6.07) is 8.02. The Balaban J connectivity index is 1.93. The van der Waals surface area contributed by atoms with Crippen molar-refractivity contribution < 1.29 is 9.90 Å². The summed E-state index contributed by atoms with van der Waals surface area (Å²) in [5.41, 5.74) is 3.03. The lowest BCUT2D eigenvalue weighted by Gasteiger charge is -2.02. The Morgan fingerprint density at radius 2 is 2.17 bits per heavy atom. The molecule has 0 bridgehead atoms. The van der Waals surface area contributed by atoms with Gasteiger partial charge in [-0.05, 0) is 36.6 Å². The first-order valence-corrected chi connectivity index (χ1v) is 8.20. The molecule has 6 heteroatoms. The number of aryl methyl sites for hydroxylation is 1. The lowest BCUT2D eigenvalue weighted by atomic mass is 10.1. The standard InChI is InChI=1S/C17H17N3O2S/c1-20-11-12(10-18-20)9-13(5-4-8-16(21)22)17-19-14-6-2-3-7-15(14)23-17/h2-3,6-7,9-11H,4-5,8H2,1H3,(H,21,22)/b13-9+. The van der Waals surface area contributed by atoms with Crippen molar-refractivity contribution in [2.75, 3.05) is 0 Å². The van der Waals surface area contributed by atoms with E-state index >= 15 is 0 Å². The van der Waals surface area contributed by atoms with Crippen molar-refractivity contribution in [3.63, 3.8) is 0 Å². The van der Waals surface area contributed by atoms with Gasteiger partial charge in [0.15, 0.2) is 0 Å². The van der Waals surface area contributed by atoms with Gasteiger partial charge >= 0.3 is 5.97 Å². The Bertz CT molecular complexity index is 830. The van der Waals surface area contributed by atoms with Crippen LogP contribution in [0.1, 0.15) is 29.8 Å². The van der Waals surface area contributed by atoms with Crippen LogP contribution >= 0.6 is 11.3 Å². The third-order valence-corrected chi connectivity index (χ3v) is 4.58. The van der Waals surface area contributed by atoms with Crippen LogP contribution in [0, 0.1) is 0 Å². The Morgan fingerprint density at radius 1 is 1.35 bits per heavy atom. The fourth-order valence-corrected chi connectivity index (χ4v) is 3.41. The van der Waals surface area contributed by atoms with E-state index in [1.165, 1.54) is 0 Å². The molecule has 5 nitrogen and oxygen atoms in total. The molecule has 0 aliphatic rings. The molecular weight excluding hydrogens is 310 g/mol. The molecule has 1 N–H and O–H groups in total. The van der Waals surface area contributed by atoms with Gasteiger partial charge in [-0.25, -0.2) is 4.98 Å². The van der Waals surface area contributed by atoms with E-state index in [1.807, 2.05) is 37.5 Å². The van der Waals surface area contributed by atoms with Gasteiger partial charge in [0.25, 0.3) is 0 Å². The van der Waals surface area contributed by atoms with E-state index < -0.39 is 5.97 Å². The lowest BCUT2D eigenvalue weighted by molar-refractivity contribution is -0.137. The van der Waals surface area contributed by atoms with Gasteiger partial charge in [-0.15, -0.1) is 11.3 Å². The fourth-order valence-electron chi connectivity index (χ4n) is 2.40. The van der Waals surface area contributed by atoms with Crippen LogP contribution in [0.15, 0.2) is 36.7 Å². The Hall–Kier alpha value is -2.47. The maximum Gasteiger partial charge on any atom is 0.303 e. The zero-order valence-electron chi connectivity index (χ0n) is 12.8. The highest BCUT2D eigenvalue weighted by molar-refractivity contribution is 7.19. The quantitative estimate of drug-likeness (QED) is 0.747. The summed E-state index contributed by atoms with van der Waals surface area (Å²) in [5, 5.41) is 14.0. The Morgan fingerprint density at radius 3 is 2.87 bits per heavy atom. The highest BCUT2D eigenvalue weighted by Gasteiger charge is 2.10. The second-order valence-electron chi connectivity index (χ2n) is 5.35. The molecule has 2 aromatic heterocycles. The molecule has 0 spiro atoms. The number of aliphatic carboxylic acids is 1. The number of carboxylic acids is 1. The Labute approximate surface area is 137 Å². The normalized spacial score (nSPS) is 12.0. The molecule has 0 aliphatic carbocycles. The van der Waals surface area contributed by atoms with Gasteiger partial charge < -0.3 is 5.11 Å². The van der Waals surface area contributed by atoms with E-state index in [-0.39, 0.29) is 6.42 Å². The molecule has 1 aromatic carbocycles. The number of allylic oxidation sites excluding steroid dienone is 1. The smallest absolute Gasteiger partial charge is 0.303 e. The predicted octanol–water partition coefficient (Wildman–Crippen LogP) is 3.83. The van der Waals surface area contributed by atoms with Crippen molar-refractivity contribution in [3.8, 4) is 0 Å². The van der Waals surface area contributed by atoms with E-state index in [1.54, 1.807) is 22.2 Å². The number of aromatic nitrogens is 3. The topological polar surface area (TPSA) is 68.0 Å². The van der Waals surface area contributed by atoms with Crippen LogP contribution < -0.4 is 0 Å². The van der Waals surface area contributed by atoms with Gasteiger partial charge in [0.1, 0.15) is 5.01 Å². The van der Waals surface area contributed by atoms with Crippen LogP contribution in [0.3, 0.4) is 0 Å². The first kappa shape index (κ1) is 15.4. The third kappa shape index (κ3) is 3.84. The van der Waals surface area contributed by atoms with Crippen molar-refractivity contribution in [2.24, 2.45) is 7.05 Å². The van der Waals surface area contributed by atoms with Gasteiger partial charge in [-0.2, -0.15) is 5.10 Å². The minimum Gasteiger partial charge on any atom is -0.481 e. The maximum atomic E-state index is 10.8. The van der Waals surface area contributed by atoms with Crippen molar-refractivity contribution in [3.05, 3.63) is 47.2 Å². The molecule has 0 amide bonds. The predicted molar refractivity (Wildman–Crippen MR) is 92.2 cm³/mol. The summed E-state index contributed by atoms with van der Waals surface area (Å²) in [6.45, 7) is 0. The van der Waals surface area contributed by atoms with E-state index in [0.717, 1.165) is 26.4 Å². The molecule has 23 heavy (non-hydrogen) atoms. The molecule has 0 saturated heterocycles. The summed E-state index contributed by atoms with van der Waals surface area (Å²) in [5.74, 6) is -0.768. The molecule has 0 unspecified atom stereocenters. The first-order chi connectivity index (χ1) is 11.1. The van der Waals surface area contributed by atoms with Crippen LogP contribution in [-0.2, 0) is 11.8 Å². The number of hydrogen-bond donors (Lipinski definition) is 1. The average molecular weight is 327 g/mol. The molecule has 118 valence electrons. The number of para-hydroxylation sites is 1. The summed E-state index contributed by atoms with van der Waals surface area (Å²) >= 11 is 1.64. The minimum atomic E-state index is -0.768. The molecule has 0 aliphatic heterocycles. The molecule has 0 radical (unpaired) electrons. The van der Waals surface area contributed by atoms with Crippen molar-refractivity contribution in [2.45, 2.75) is 19.3 Å². The number of nitrogens with zero attached hydrogens (tertiary/aromatic N) is 3. The monoisotopic (exact) mass is 327 g/mol. The largest absolute Gasteiger partial charge is 0.481 e. The van der Waals surface area contributed by atoms with Crippen LogP contribution in [-0.4, -0.2) is 25.8 Å². The van der Waals surface area contributed by atoms with E-state index in [4.69, 9.17) is 5.11 Å². The molecular formula is C17H17N3O2S. The van der Waals surface area contributed by atoms with E-state index in [9.17, 15) is 4.79 Å². The van der Waals surface area contributed by atoms with Gasteiger partial charge in [-0.1, -0.05) is 12.1 Å². The van der Waals surface area contributed by atoms with Gasteiger partial charge in [0.2, 0.25) is 0 Å². The molecule has 0 saturated carbocycles. The van der Waals surface area contributed by atoms with Gasteiger partial charge in [-0.3, -0.25) is 9.48 Å². The number of hydrogen-bond acceptors (Lipinski definition) is 4. The highest BCUT2D eigenvalue weighted by atomic mass is 32.1. The van der Waals surface area contributed by atoms with Gasteiger partial charge in [0.05, 0.1) is 16.4 Å². The average Bonchev–Trinajstić information content (AvgIpc) is 3.11. The maximum absolute atomic E-state index is 10.8. The third-order valence-electron chi connectivity index (χ3n) is 3.47.